The van der Waals surface area contributed by atoms with Gasteiger partial charge in [-0.2, -0.15) is 0 Å². The number of nitro groups is 1. The van der Waals surface area contributed by atoms with Crippen molar-refractivity contribution in [1.82, 2.24) is 0 Å². The third-order valence-corrected chi connectivity index (χ3v) is 4.86. The average molecular weight is 434 g/mol. The molecule has 0 aliphatic heterocycles. The highest BCUT2D eigenvalue weighted by atomic mass is 16.6. The molecule has 0 fully saturated rings. The summed E-state index contributed by atoms with van der Waals surface area (Å²) in [6, 6.07) is 16.8. The zero-order valence-corrected chi connectivity index (χ0v) is 17.0. The molecule has 0 spiro atoms. The molecule has 9 heteroatoms. The van der Waals surface area contributed by atoms with Crippen LogP contribution >= 0.6 is 0 Å². The lowest BCUT2D eigenvalue weighted by Gasteiger charge is -2.11. The minimum absolute atomic E-state index is 0.183. The number of esters is 1. The highest BCUT2D eigenvalue weighted by molar-refractivity contribution is 6.07. The molecule has 0 saturated heterocycles. The monoisotopic (exact) mass is 434 g/mol. The first-order chi connectivity index (χ1) is 15.5. The topological polar surface area (TPSA) is 121 Å². The lowest BCUT2D eigenvalue weighted by atomic mass is 10.1. The number of furan rings is 1. The second kappa shape index (κ2) is 8.76. The number of rotatable bonds is 7. The van der Waals surface area contributed by atoms with Gasteiger partial charge in [-0.3, -0.25) is 19.7 Å². The molecule has 0 atom stereocenters. The Hall–Kier alpha value is -4.40. The van der Waals surface area contributed by atoms with Crippen LogP contribution in [0.15, 0.2) is 65.1 Å². The fourth-order valence-corrected chi connectivity index (χ4v) is 3.40. The lowest BCUT2D eigenvalue weighted by Crippen LogP contribution is -2.22. The molecule has 0 aliphatic carbocycles. The molecule has 0 unspecified atom stereocenters. The molecule has 0 aliphatic rings. The van der Waals surface area contributed by atoms with Crippen LogP contribution in [0.2, 0.25) is 0 Å². The highest BCUT2D eigenvalue weighted by Gasteiger charge is 2.18. The van der Waals surface area contributed by atoms with E-state index in [0.29, 0.717) is 22.6 Å². The number of fused-ring (bicyclic) bond motifs is 3. The van der Waals surface area contributed by atoms with Crippen molar-refractivity contribution in [3.05, 3.63) is 76.3 Å². The van der Waals surface area contributed by atoms with Gasteiger partial charge in [-0.1, -0.05) is 36.4 Å². The molecule has 9 nitrogen and oxygen atoms in total. The summed E-state index contributed by atoms with van der Waals surface area (Å²) >= 11 is 0. The summed E-state index contributed by atoms with van der Waals surface area (Å²) < 4.78 is 16.2. The van der Waals surface area contributed by atoms with Gasteiger partial charge in [-0.25, -0.2) is 0 Å². The van der Waals surface area contributed by atoms with Crippen LogP contribution in [0.1, 0.15) is 5.56 Å². The van der Waals surface area contributed by atoms with Crippen molar-refractivity contribution in [3.8, 4) is 5.75 Å². The standard InChI is InChI=1S/C23H18N2O7/c1-30-21-11-16-15-7-3-5-9-19(15)32-20(16)12-17(21)24-22(26)13-31-23(27)10-14-6-2-4-8-18(14)25(28)29/h2-9,11-12H,10,13H2,1H3,(H,24,26). The van der Waals surface area contributed by atoms with Crippen molar-refractivity contribution in [2.24, 2.45) is 0 Å². The number of amides is 1. The average Bonchev–Trinajstić information content (AvgIpc) is 3.14. The van der Waals surface area contributed by atoms with Gasteiger partial charge >= 0.3 is 5.97 Å². The first-order valence-electron chi connectivity index (χ1n) is 9.63. The first kappa shape index (κ1) is 20.9. The van der Waals surface area contributed by atoms with Crippen LogP contribution in [0, 0.1) is 10.1 Å². The molecule has 1 amide bonds. The molecule has 4 rings (SSSR count). The normalized spacial score (nSPS) is 10.8. The second-order valence-electron chi connectivity index (χ2n) is 6.92. The number of hydrogen-bond acceptors (Lipinski definition) is 7. The number of benzene rings is 3. The molecule has 0 bridgehead atoms. The van der Waals surface area contributed by atoms with E-state index in [0.717, 1.165) is 10.8 Å². The van der Waals surface area contributed by atoms with E-state index >= 15 is 0 Å². The van der Waals surface area contributed by atoms with E-state index in [-0.39, 0.29) is 17.7 Å². The van der Waals surface area contributed by atoms with Crippen LogP contribution in [0.4, 0.5) is 11.4 Å². The molecule has 32 heavy (non-hydrogen) atoms. The predicted molar refractivity (Wildman–Crippen MR) is 117 cm³/mol. The number of hydrogen-bond donors (Lipinski definition) is 1. The van der Waals surface area contributed by atoms with Crippen LogP contribution in [-0.2, 0) is 20.7 Å². The van der Waals surface area contributed by atoms with E-state index < -0.39 is 23.4 Å². The molecule has 3 aromatic carbocycles. The second-order valence-corrected chi connectivity index (χ2v) is 6.92. The maximum Gasteiger partial charge on any atom is 0.311 e. The van der Waals surface area contributed by atoms with Gasteiger partial charge in [0.2, 0.25) is 0 Å². The third-order valence-electron chi connectivity index (χ3n) is 4.86. The quantitative estimate of drug-likeness (QED) is 0.262. The number of anilines is 1. The maximum atomic E-state index is 12.3. The Morgan fingerprint density at radius 3 is 2.56 bits per heavy atom. The predicted octanol–water partition coefficient (Wildman–Crippen LogP) is 4.23. The minimum Gasteiger partial charge on any atom is -0.495 e. The summed E-state index contributed by atoms with van der Waals surface area (Å²) in [7, 11) is 1.48. The van der Waals surface area contributed by atoms with Gasteiger partial charge in [0.1, 0.15) is 16.9 Å². The van der Waals surface area contributed by atoms with E-state index in [1.807, 2.05) is 24.3 Å². The lowest BCUT2D eigenvalue weighted by molar-refractivity contribution is -0.385. The summed E-state index contributed by atoms with van der Waals surface area (Å²) in [5.41, 5.74) is 1.66. The summed E-state index contributed by atoms with van der Waals surface area (Å²) in [6.45, 7) is -0.555. The molecule has 4 aromatic rings. The van der Waals surface area contributed by atoms with Crippen LogP contribution in [0.3, 0.4) is 0 Å². The maximum absolute atomic E-state index is 12.3. The van der Waals surface area contributed by atoms with Crippen LogP contribution in [-0.4, -0.2) is 30.5 Å². The summed E-state index contributed by atoms with van der Waals surface area (Å²) in [5, 5.41) is 15.4. The number of nitrogens with one attached hydrogen (secondary N) is 1. The first-order valence-corrected chi connectivity index (χ1v) is 9.63. The van der Waals surface area contributed by atoms with E-state index in [1.165, 1.54) is 25.3 Å². The van der Waals surface area contributed by atoms with Crippen LogP contribution in [0.25, 0.3) is 21.9 Å². The summed E-state index contributed by atoms with van der Waals surface area (Å²) in [6.07, 6.45) is -0.321. The van der Waals surface area contributed by atoms with Crippen molar-refractivity contribution in [1.29, 1.82) is 0 Å². The number of nitrogens with zero attached hydrogens (tertiary/aromatic N) is 1. The third kappa shape index (κ3) is 4.22. The van der Waals surface area contributed by atoms with Crippen molar-refractivity contribution >= 4 is 45.2 Å². The van der Waals surface area contributed by atoms with Crippen molar-refractivity contribution in [2.45, 2.75) is 6.42 Å². The molecular weight excluding hydrogens is 416 g/mol. The number of carbonyl (C=O) groups excluding carboxylic acids is 2. The van der Waals surface area contributed by atoms with E-state index in [2.05, 4.69) is 5.32 Å². The summed E-state index contributed by atoms with van der Waals surface area (Å²) in [4.78, 5) is 34.9. The van der Waals surface area contributed by atoms with Gasteiger partial charge in [0.25, 0.3) is 11.6 Å². The Morgan fingerprint density at radius 1 is 1.03 bits per heavy atom. The van der Waals surface area contributed by atoms with Crippen molar-refractivity contribution in [3.63, 3.8) is 0 Å². The number of nitro benzene ring substituents is 1. The molecule has 1 aromatic heterocycles. The van der Waals surface area contributed by atoms with Crippen molar-refractivity contribution in [2.75, 3.05) is 19.0 Å². The molecule has 0 radical (unpaired) electrons. The molecule has 0 saturated carbocycles. The SMILES string of the molecule is COc1cc2c(cc1NC(=O)COC(=O)Cc1ccccc1[N+](=O)[O-])oc1ccccc12. The number of para-hydroxylation sites is 2. The Labute approximate surface area is 181 Å². The smallest absolute Gasteiger partial charge is 0.311 e. The molecule has 1 heterocycles. The van der Waals surface area contributed by atoms with E-state index in [1.54, 1.807) is 18.2 Å². The van der Waals surface area contributed by atoms with Gasteiger partial charge in [0.15, 0.2) is 6.61 Å². The number of methoxy groups -OCH3 is 1. The van der Waals surface area contributed by atoms with Gasteiger partial charge in [0, 0.05) is 28.5 Å². The Balaban J connectivity index is 1.44. The zero-order valence-electron chi connectivity index (χ0n) is 17.0. The van der Waals surface area contributed by atoms with Gasteiger partial charge in [-0.15, -0.1) is 0 Å². The van der Waals surface area contributed by atoms with Crippen molar-refractivity contribution < 1.29 is 28.4 Å². The van der Waals surface area contributed by atoms with E-state index in [4.69, 9.17) is 13.9 Å². The molecule has 162 valence electrons. The zero-order chi connectivity index (χ0) is 22.7. The van der Waals surface area contributed by atoms with E-state index in [9.17, 15) is 19.7 Å². The summed E-state index contributed by atoms with van der Waals surface area (Å²) in [5.74, 6) is -0.924. The van der Waals surface area contributed by atoms with Gasteiger partial charge < -0.3 is 19.2 Å². The van der Waals surface area contributed by atoms with Gasteiger partial charge in [-0.05, 0) is 12.1 Å². The Bertz CT molecular complexity index is 1340. The fourth-order valence-electron chi connectivity index (χ4n) is 3.40. The van der Waals surface area contributed by atoms with Gasteiger partial charge in [0.05, 0.1) is 24.1 Å². The van der Waals surface area contributed by atoms with Crippen LogP contribution in [0.5, 0.6) is 5.75 Å². The molecule has 1 N–H and O–H groups in total. The highest BCUT2D eigenvalue weighted by Crippen LogP contribution is 2.36. The Kier molecular flexibility index (Phi) is 5.71. The number of ether oxygens (including phenoxy) is 2. The molecular formula is C23H18N2O7. The number of carbonyl (C=O) groups is 2. The Morgan fingerprint density at radius 2 is 1.78 bits per heavy atom. The largest absolute Gasteiger partial charge is 0.495 e. The van der Waals surface area contributed by atoms with Crippen LogP contribution < -0.4 is 10.1 Å². The fraction of sp³-hybridized carbons (Fsp3) is 0.130. The minimum atomic E-state index is -0.755.